The average molecular weight is 230 g/mol. The normalized spacial score (nSPS) is 17.0. The zero-order valence-corrected chi connectivity index (χ0v) is 8.31. The van der Waals surface area contributed by atoms with Crippen molar-refractivity contribution >= 4 is 17.7 Å². The van der Waals surface area contributed by atoms with Gasteiger partial charge in [-0.05, 0) is 25.0 Å². The quantitative estimate of drug-likeness (QED) is 0.436. The van der Waals surface area contributed by atoms with Crippen LogP contribution in [0.25, 0.3) is 0 Å². The highest BCUT2D eigenvalue weighted by Gasteiger charge is 2.46. The second-order valence-electron chi connectivity index (χ2n) is 3.48. The van der Waals surface area contributed by atoms with E-state index >= 15 is 0 Å². The Hall–Kier alpha value is -1.25. The fraction of sp³-hybridized carbons (Fsp3) is 0.300. The zero-order valence-electron chi connectivity index (χ0n) is 7.56. The lowest BCUT2D eigenvalue weighted by Gasteiger charge is -2.10. The Morgan fingerprint density at radius 3 is 2.47 bits per heavy atom. The number of halogens is 3. The SMILES string of the molecule is O=C=NC1(c2cc(F)c(F)cc2Cl)CC1. The van der Waals surface area contributed by atoms with Gasteiger partial charge in [-0.1, -0.05) is 11.6 Å². The fourth-order valence-corrected chi connectivity index (χ4v) is 1.85. The van der Waals surface area contributed by atoms with E-state index in [9.17, 15) is 13.6 Å². The van der Waals surface area contributed by atoms with Gasteiger partial charge in [-0.3, -0.25) is 0 Å². The molecule has 0 radical (unpaired) electrons. The summed E-state index contributed by atoms with van der Waals surface area (Å²) < 4.78 is 25.8. The number of benzene rings is 1. The summed E-state index contributed by atoms with van der Waals surface area (Å²) in [5.41, 5.74) is -0.417. The summed E-state index contributed by atoms with van der Waals surface area (Å²) in [6.45, 7) is 0. The van der Waals surface area contributed by atoms with E-state index in [0.717, 1.165) is 12.1 Å². The van der Waals surface area contributed by atoms with Gasteiger partial charge >= 0.3 is 0 Å². The molecule has 1 saturated carbocycles. The van der Waals surface area contributed by atoms with Gasteiger partial charge in [0.1, 0.15) is 0 Å². The maximum atomic E-state index is 13.0. The first-order valence-corrected chi connectivity index (χ1v) is 4.71. The van der Waals surface area contributed by atoms with E-state index in [4.69, 9.17) is 11.6 Å². The van der Waals surface area contributed by atoms with Crippen molar-refractivity contribution in [3.05, 3.63) is 34.4 Å². The second-order valence-corrected chi connectivity index (χ2v) is 3.89. The van der Waals surface area contributed by atoms with Gasteiger partial charge in [0.05, 0.1) is 5.54 Å². The Morgan fingerprint density at radius 2 is 1.93 bits per heavy atom. The Bertz CT molecular complexity index is 465. The van der Waals surface area contributed by atoms with Crippen LogP contribution in [0.4, 0.5) is 8.78 Å². The Morgan fingerprint density at radius 1 is 1.33 bits per heavy atom. The molecule has 1 aliphatic carbocycles. The van der Waals surface area contributed by atoms with Crippen LogP contribution in [0.1, 0.15) is 18.4 Å². The number of carbonyl (C=O) groups excluding carboxylic acids is 1. The molecule has 0 atom stereocenters. The van der Waals surface area contributed by atoms with Gasteiger partial charge in [0, 0.05) is 10.6 Å². The minimum Gasteiger partial charge on any atom is -0.211 e. The van der Waals surface area contributed by atoms with E-state index in [2.05, 4.69) is 4.99 Å². The molecule has 15 heavy (non-hydrogen) atoms. The van der Waals surface area contributed by atoms with Crippen molar-refractivity contribution in [3.8, 4) is 0 Å². The Labute approximate surface area is 89.6 Å². The fourth-order valence-electron chi connectivity index (χ4n) is 1.53. The van der Waals surface area contributed by atoms with Crippen LogP contribution in [0.15, 0.2) is 17.1 Å². The molecule has 0 aliphatic heterocycles. The maximum Gasteiger partial charge on any atom is 0.235 e. The minimum atomic E-state index is -1.00. The Balaban J connectivity index is 2.54. The highest BCUT2D eigenvalue weighted by Crippen LogP contribution is 2.51. The van der Waals surface area contributed by atoms with Crippen molar-refractivity contribution in [2.24, 2.45) is 4.99 Å². The summed E-state index contributed by atoms with van der Waals surface area (Å²) in [5, 5.41) is 0.0883. The van der Waals surface area contributed by atoms with Crippen LogP contribution in [0.5, 0.6) is 0 Å². The summed E-state index contributed by atoms with van der Waals surface area (Å²) in [6, 6.07) is 1.89. The van der Waals surface area contributed by atoms with Gasteiger partial charge in [-0.25, -0.2) is 13.6 Å². The van der Waals surface area contributed by atoms with Gasteiger partial charge in [-0.2, -0.15) is 4.99 Å². The minimum absolute atomic E-state index is 0.0883. The standard InChI is InChI=1S/C10H6ClF2NO/c11-7-4-9(13)8(12)3-6(7)10(1-2-10)14-5-15/h3-4H,1-2H2. The summed E-state index contributed by atoms with van der Waals surface area (Å²) >= 11 is 5.77. The maximum absolute atomic E-state index is 13.0. The van der Waals surface area contributed by atoms with Crippen LogP contribution < -0.4 is 0 Å². The van der Waals surface area contributed by atoms with Crippen molar-refractivity contribution < 1.29 is 13.6 Å². The van der Waals surface area contributed by atoms with Crippen molar-refractivity contribution in [2.45, 2.75) is 18.4 Å². The molecule has 0 heterocycles. The molecule has 2 nitrogen and oxygen atoms in total. The molecule has 1 aliphatic rings. The second kappa shape index (κ2) is 3.40. The number of isocyanates is 1. The van der Waals surface area contributed by atoms with Gasteiger partial charge < -0.3 is 0 Å². The van der Waals surface area contributed by atoms with Crippen molar-refractivity contribution in [2.75, 3.05) is 0 Å². The van der Waals surface area contributed by atoms with E-state index in [-0.39, 0.29) is 5.02 Å². The van der Waals surface area contributed by atoms with E-state index in [1.165, 1.54) is 6.08 Å². The number of hydrogen-bond acceptors (Lipinski definition) is 2. The molecule has 0 unspecified atom stereocenters. The number of nitrogens with zero attached hydrogens (tertiary/aromatic N) is 1. The highest BCUT2D eigenvalue weighted by molar-refractivity contribution is 6.31. The topological polar surface area (TPSA) is 29.4 Å². The molecule has 2 rings (SSSR count). The smallest absolute Gasteiger partial charge is 0.211 e. The lowest BCUT2D eigenvalue weighted by molar-refractivity contribution is 0.504. The summed E-state index contributed by atoms with van der Waals surface area (Å²) in [5.74, 6) is -1.99. The predicted octanol–water partition coefficient (Wildman–Crippen LogP) is 2.94. The largest absolute Gasteiger partial charge is 0.235 e. The van der Waals surface area contributed by atoms with Crippen LogP contribution in [0.3, 0.4) is 0 Å². The predicted molar refractivity (Wildman–Crippen MR) is 50.4 cm³/mol. The third-order valence-corrected chi connectivity index (χ3v) is 2.81. The Kier molecular flexibility index (Phi) is 2.33. The monoisotopic (exact) mass is 229 g/mol. The number of hydrogen-bond donors (Lipinski definition) is 0. The van der Waals surface area contributed by atoms with Crippen LogP contribution in [-0.2, 0) is 10.3 Å². The molecule has 78 valence electrons. The molecule has 0 spiro atoms. The van der Waals surface area contributed by atoms with E-state index < -0.39 is 17.2 Å². The van der Waals surface area contributed by atoms with Crippen molar-refractivity contribution in [1.82, 2.24) is 0 Å². The summed E-state index contributed by atoms with van der Waals surface area (Å²) in [4.78, 5) is 13.8. The molecule has 0 N–H and O–H groups in total. The average Bonchev–Trinajstić information content (AvgIpc) is 2.93. The number of rotatable bonds is 2. The molecular weight excluding hydrogens is 224 g/mol. The van der Waals surface area contributed by atoms with Crippen molar-refractivity contribution in [3.63, 3.8) is 0 Å². The first-order chi connectivity index (χ1) is 7.09. The zero-order chi connectivity index (χ0) is 11.1. The highest BCUT2D eigenvalue weighted by atomic mass is 35.5. The molecule has 1 aromatic carbocycles. The van der Waals surface area contributed by atoms with Gasteiger partial charge in [-0.15, -0.1) is 0 Å². The van der Waals surface area contributed by atoms with Crippen LogP contribution in [0, 0.1) is 11.6 Å². The van der Waals surface area contributed by atoms with Gasteiger partial charge in [0.15, 0.2) is 11.6 Å². The first-order valence-electron chi connectivity index (χ1n) is 4.33. The molecule has 5 heteroatoms. The lowest BCUT2D eigenvalue weighted by Crippen LogP contribution is -2.04. The van der Waals surface area contributed by atoms with E-state index in [0.29, 0.717) is 18.4 Å². The van der Waals surface area contributed by atoms with E-state index in [1.54, 1.807) is 0 Å². The summed E-state index contributed by atoms with van der Waals surface area (Å²) in [6.07, 6.45) is 2.64. The third kappa shape index (κ3) is 1.66. The van der Waals surface area contributed by atoms with Crippen LogP contribution in [0.2, 0.25) is 5.02 Å². The lowest BCUT2D eigenvalue weighted by atomic mass is 10.1. The molecular formula is C10H6ClF2NO. The third-order valence-electron chi connectivity index (χ3n) is 2.49. The van der Waals surface area contributed by atoms with Crippen LogP contribution >= 0.6 is 11.6 Å². The molecule has 0 saturated heterocycles. The van der Waals surface area contributed by atoms with E-state index in [1.807, 2.05) is 0 Å². The molecule has 0 amide bonds. The molecule has 1 fully saturated rings. The number of aliphatic imine (C=N–C) groups is 1. The molecule has 1 aromatic rings. The first kappa shape index (κ1) is 10.3. The van der Waals surface area contributed by atoms with Gasteiger partial charge in [0.2, 0.25) is 6.08 Å². The van der Waals surface area contributed by atoms with Crippen LogP contribution in [-0.4, -0.2) is 6.08 Å². The van der Waals surface area contributed by atoms with Crippen molar-refractivity contribution in [1.29, 1.82) is 0 Å². The molecule has 0 aromatic heterocycles. The molecule has 0 bridgehead atoms. The summed E-state index contributed by atoms with van der Waals surface area (Å²) in [7, 11) is 0. The van der Waals surface area contributed by atoms with Gasteiger partial charge in [0.25, 0.3) is 0 Å².